The summed E-state index contributed by atoms with van der Waals surface area (Å²) in [6.45, 7) is 3.98. The molecule has 0 saturated carbocycles. The van der Waals surface area contributed by atoms with Crippen molar-refractivity contribution in [2.75, 3.05) is 6.26 Å². The van der Waals surface area contributed by atoms with E-state index in [2.05, 4.69) is 6.92 Å². The van der Waals surface area contributed by atoms with Crippen molar-refractivity contribution in [2.24, 2.45) is 0 Å². The highest BCUT2D eigenvalue weighted by Crippen LogP contribution is 2.34. The quantitative estimate of drug-likeness (QED) is 0.681. The lowest BCUT2D eigenvalue weighted by Crippen LogP contribution is -2.32. The van der Waals surface area contributed by atoms with E-state index < -0.39 is 15.7 Å². The first kappa shape index (κ1) is 12.5. The highest BCUT2D eigenvalue weighted by Gasteiger charge is 2.35. The van der Waals surface area contributed by atoms with Gasteiger partial charge in [0.15, 0.2) is 0 Å². The monoisotopic (exact) mass is 230 g/mol. The third-order valence-electron chi connectivity index (χ3n) is 2.58. The van der Waals surface area contributed by atoms with Crippen LogP contribution in [0.4, 0.5) is 0 Å². The van der Waals surface area contributed by atoms with Gasteiger partial charge in [-0.15, -0.1) is 0 Å². The minimum atomic E-state index is -3.42. The molecule has 0 aliphatic heterocycles. The van der Waals surface area contributed by atoms with Crippen LogP contribution in [0.2, 0.25) is 0 Å². The van der Waals surface area contributed by atoms with Crippen LogP contribution in [-0.4, -0.2) is 20.3 Å². The Hall–Kier alpha value is -0.610. The van der Waals surface area contributed by atoms with E-state index in [-0.39, 0.29) is 0 Å². The fraction of sp³-hybridized carbons (Fsp3) is 0.636. The highest BCUT2D eigenvalue weighted by molar-refractivity contribution is 7.86. The van der Waals surface area contributed by atoms with Gasteiger partial charge in [-0.1, -0.05) is 31.9 Å². The van der Waals surface area contributed by atoms with E-state index in [0.717, 1.165) is 31.1 Å². The fourth-order valence-electron chi connectivity index (χ4n) is 1.75. The minimum absolute atomic E-state index is 0.718. The van der Waals surface area contributed by atoms with E-state index >= 15 is 0 Å². The van der Waals surface area contributed by atoms with E-state index in [0.29, 0.717) is 0 Å². The van der Waals surface area contributed by atoms with Crippen LogP contribution in [0.5, 0.6) is 0 Å². The first-order valence-corrected chi connectivity index (χ1v) is 6.98. The second-order valence-corrected chi connectivity index (χ2v) is 5.56. The molecule has 15 heavy (non-hydrogen) atoms. The average molecular weight is 230 g/mol. The summed E-state index contributed by atoms with van der Waals surface area (Å²) >= 11 is 0. The van der Waals surface area contributed by atoms with Gasteiger partial charge < -0.3 is 0 Å². The number of rotatable bonds is 5. The fourth-order valence-corrected chi connectivity index (χ4v) is 2.56. The maximum Gasteiger partial charge on any atom is 0.265 e. The Bertz CT molecular complexity index is 379. The molecule has 1 rings (SSSR count). The molecule has 0 saturated heterocycles. The summed E-state index contributed by atoms with van der Waals surface area (Å²) in [6, 6.07) is 0. The van der Waals surface area contributed by atoms with E-state index in [1.165, 1.54) is 0 Å². The molecular formula is C11H18O3S. The Morgan fingerprint density at radius 2 is 2.13 bits per heavy atom. The molecule has 0 aromatic carbocycles. The molecule has 0 aromatic rings. The van der Waals surface area contributed by atoms with Crippen molar-refractivity contribution in [1.82, 2.24) is 0 Å². The van der Waals surface area contributed by atoms with Gasteiger partial charge in [-0.25, -0.2) is 0 Å². The van der Waals surface area contributed by atoms with Crippen LogP contribution in [0.1, 0.15) is 33.1 Å². The number of unbranched alkanes of at least 4 members (excludes halogenated alkanes) is 1. The number of allylic oxidation sites excluding steroid dienone is 2. The molecule has 0 spiro atoms. The van der Waals surface area contributed by atoms with Gasteiger partial charge in [-0.3, -0.25) is 4.18 Å². The maximum atomic E-state index is 11.2. The molecule has 1 unspecified atom stereocenters. The number of hydrogen-bond acceptors (Lipinski definition) is 3. The van der Waals surface area contributed by atoms with Crippen molar-refractivity contribution < 1.29 is 12.6 Å². The van der Waals surface area contributed by atoms with Crippen molar-refractivity contribution in [2.45, 2.75) is 38.7 Å². The Morgan fingerprint density at radius 1 is 1.47 bits per heavy atom. The predicted octanol–water partition coefficient (Wildman–Crippen LogP) is 2.41. The zero-order valence-electron chi connectivity index (χ0n) is 9.49. The van der Waals surface area contributed by atoms with Crippen LogP contribution in [0, 0.1) is 0 Å². The molecule has 0 N–H and O–H groups in total. The molecule has 3 nitrogen and oxygen atoms in total. The third kappa shape index (κ3) is 3.18. The van der Waals surface area contributed by atoms with Crippen LogP contribution in [0.3, 0.4) is 0 Å². The lowest BCUT2D eigenvalue weighted by atomic mass is 9.92. The molecule has 0 fully saturated rings. The summed E-state index contributed by atoms with van der Waals surface area (Å²) in [5.41, 5.74) is 0.241. The third-order valence-corrected chi connectivity index (χ3v) is 3.18. The maximum absolute atomic E-state index is 11.2. The van der Waals surface area contributed by atoms with Gasteiger partial charge in [0.05, 0.1) is 6.26 Å². The summed E-state index contributed by atoms with van der Waals surface area (Å²) in [7, 11) is -3.42. The SMILES string of the molecule is CCCCC1(OS(C)(=O)=O)C=CC=C1C. The van der Waals surface area contributed by atoms with Gasteiger partial charge in [-0.05, 0) is 25.0 Å². The zero-order valence-corrected chi connectivity index (χ0v) is 10.3. The second kappa shape index (κ2) is 4.49. The van der Waals surface area contributed by atoms with Gasteiger partial charge in [0.1, 0.15) is 5.60 Å². The summed E-state index contributed by atoms with van der Waals surface area (Å²) in [6.07, 6.45) is 9.38. The Morgan fingerprint density at radius 3 is 2.53 bits per heavy atom. The van der Waals surface area contributed by atoms with Crippen LogP contribution in [-0.2, 0) is 14.3 Å². The molecule has 1 atom stereocenters. The van der Waals surface area contributed by atoms with Crippen molar-refractivity contribution in [3.05, 3.63) is 23.8 Å². The summed E-state index contributed by atoms with van der Waals surface area (Å²) in [5, 5.41) is 0. The normalized spacial score (nSPS) is 25.7. The van der Waals surface area contributed by atoms with Crippen molar-refractivity contribution >= 4 is 10.1 Å². The molecule has 0 heterocycles. The summed E-state index contributed by atoms with van der Waals surface area (Å²) in [5.74, 6) is 0. The summed E-state index contributed by atoms with van der Waals surface area (Å²) < 4.78 is 27.7. The molecular weight excluding hydrogens is 212 g/mol. The van der Waals surface area contributed by atoms with E-state index in [1.807, 2.05) is 25.2 Å². The van der Waals surface area contributed by atoms with Crippen LogP contribution < -0.4 is 0 Å². The lowest BCUT2D eigenvalue weighted by molar-refractivity contribution is 0.157. The largest absolute Gasteiger partial charge is 0.265 e. The van der Waals surface area contributed by atoms with Crippen LogP contribution in [0.15, 0.2) is 23.8 Å². The van der Waals surface area contributed by atoms with E-state index in [1.54, 1.807) is 0 Å². The molecule has 1 aliphatic carbocycles. The van der Waals surface area contributed by atoms with Gasteiger partial charge in [0.25, 0.3) is 10.1 Å². The van der Waals surface area contributed by atoms with Gasteiger partial charge >= 0.3 is 0 Å². The van der Waals surface area contributed by atoms with Crippen LogP contribution in [0.25, 0.3) is 0 Å². The topological polar surface area (TPSA) is 43.4 Å². The Balaban J connectivity index is 2.88. The van der Waals surface area contributed by atoms with Crippen molar-refractivity contribution in [3.8, 4) is 0 Å². The molecule has 1 aliphatic rings. The van der Waals surface area contributed by atoms with Crippen molar-refractivity contribution in [3.63, 3.8) is 0 Å². The Kier molecular flexibility index (Phi) is 3.73. The Labute approximate surface area is 92.0 Å². The van der Waals surface area contributed by atoms with Gasteiger partial charge in [-0.2, -0.15) is 8.42 Å². The molecule has 0 amide bonds. The molecule has 0 bridgehead atoms. The molecule has 86 valence electrons. The second-order valence-electron chi connectivity index (χ2n) is 3.99. The lowest BCUT2D eigenvalue weighted by Gasteiger charge is -2.28. The number of hydrogen-bond donors (Lipinski definition) is 0. The van der Waals surface area contributed by atoms with Crippen LogP contribution >= 0.6 is 0 Å². The van der Waals surface area contributed by atoms with Crippen molar-refractivity contribution in [1.29, 1.82) is 0 Å². The average Bonchev–Trinajstić information content (AvgIpc) is 2.42. The molecule has 4 heteroatoms. The van der Waals surface area contributed by atoms with Gasteiger partial charge in [0.2, 0.25) is 0 Å². The zero-order chi connectivity index (χ0) is 11.5. The first-order valence-electron chi connectivity index (χ1n) is 5.17. The van der Waals surface area contributed by atoms with E-state index in [4.69, 9.17) is 4.18 Å². The predicted molar refractivity (Wildman–Crippen MR) is 61.1 cm³/mol. The first-order chi connectivity index (χ1) is 6.90. The standard InChI is InChI=1S/C11H18O3S/c1-4-5-8-11(14-15(3,12)13)9-6-7-10(11)2/h6-7,9H,4-5,8H2,1-3H3. The molecule has 0 aromatic heterocycles. The molecule has 0 radical (unpaired) electrons. The highest BCUT2D eigenvalue weighted by atomic mass is 32.2. The van der Waals surface area contributed by atoms with E-state index in [9.17, 15) is 8.42 Å². The van der Waals surface area contributed by atoms with Gasteiger partial charge in [0, 0.05) is 0 Å². The smallest absolute Gasteiger partial charge is 0.255 e. The summed E-state index contributed by atoms with van der Waals surface area (Å²) in [4.78, 5) is 0. The minimum Gasteiger partial charge on any atom is -0.255 e.